The van der Waals surface area contributed by atoms with Gasteiger partial charge in [0.15, 0.2) is 0 Å². The molecule has 3 amide bonds. The van der Waals surface area contributed by atoms with E-state index in [1.807, 2.05) is 40.9 Å². The molecule has 0 aromatic heterocycles. The van der Waals surface area contributed by atoms with Gasteiger partial charge in [0, 0.05) is 56.5 Å². The Morgan fingerprint density at radius 1 is 0.968 bits per heavy atom. The van der Waals surface area contributed by atoms with E-state index < -0.39 is 0 Å². The van der Waals surface area contributed by atoms with E-state index in [1.165, 1.54) is 12.8 Å². The number of carbonyl (C=O) groups excluding carboxylic acids is 2. The van der Waals surface area contributed by atoms with Crippen LogP contribution >= 0.6 is 11.8 Å². The Morgan fingerprint density at radius 2 is 1.61 bits per heavy atom. The molecule has 3 aliphatic rings. The van der Waals surface area contributed by atoms with Gasteiger partial charge in [-0.2, -0.15) is 11.8 Å². The zero-order valence-corrected chi connectivity index (χ0v) is 19.2. The van der Waals surface area contributed by atoms with Crippen LogP contribution in [0.5, 0.6) is 5.75 Å². The number of benzene rings is 1. The van der Waals surface area contributed by atoms with Gasteiger partial charge >= 0.3 is 6.03 Å². The van der Waals surface area contributed by atoms with Crippen LogP contribution in [0.4, 0.5) is 10.5 Å². The number of methoxy groups -OCH3 is 1. The summed E-state index contributed by atoms with van der Waals surface area (Å²) in [4.78, 5) is 32.5. The van der Waals surface area contributed by atoms with E-state index in [0.29, 0.717) is 24.9 Å². The van der Waals surface area contributed by atoms with Gasteiger partial charge in [0.05, 0.1) is 13.2 Å². The highest BCUT2D eigenvalue weighted by Gasteiger charge is 2.39. The summed E-state index contributed by atoms with van der Waals surface area (Å²) in [6.07, 6.45) is 4.76. The van der Waals surface area contributed by atoms with Crippen molar-refractivity contribution in [3.05, 3.63) is 24.3 Å². The van der Waals surface area contributed by atoms with Gasteiger partial charge in [-0.05, 0) is 43.0 Å². The molecule has 4 rings (SSSR count). The van der Waals surface area contributed by atoms with Gasteiger partial charge < -0.3 is 19.9 Å². The number of nitrogens with one attached hydrogen (secondary N) is 1. The molecular weight excluding hydrogens is 412 g/mol. The highest BCUT2D eigenvalue weighted by molar-refractivity contribution is 7.99. The Hall–Kier alpha value is -1.93. The molecule has 1 N–H and O–H groups in total. The molecule has 170 valence electrons. The number of ether oxygens (including phenoxy) is 1. The Bertz CT molecular complexity index is 740. The number of amides is 3. The van der Waals surface area contributed by atoms with Crippen LogP contribution in [-0.2, 0) is 4.79 Å². The van der Waals surface area contributed by atoms with E-state index in [4.69, 9.17) is 4.74 Å². The first-order valence-electron chi connectivity index (χ1n) is 11.5. The molecule has 0 radical (unpaired) electrons. The fourth-order valence-corrected chi connectivity index (χ4v) is 5.88. The smallest absolute Gasteiger partial charge is 0.321 e. The van der Waals surface area contributed by atoms with Crippen molar-refractivity contribution in [2.24, 2.45) is 5.92 Å². The maximum Gasteiger partial charge on any atom is 0.321 e. The Kier molecular flexibility index (Phi) is 7.61. The molecule has 0 bridgehead atoms. The zero-order chi connectivity index (χ0) is 21.6. The van der Waals surface area contributed by atoms with E-state index in [0.717, 1.165) is 62.0 Å². The third-order valence-corrected chi connectivity index (χ3v) is 7.70. The number of carbonyl (C=O) groups is 2. The zero-order valence-electron chi connectivity index (χ0n) is 18.4. The van der Waals surface area contributed by atoms with Crippen LogP contribution in [0.1, 0.15) is 25.7 Å². The molecule has 1 atom stereocenters. The molecular formula is C23H34N4O3S. The molecule has 31 heavy (non-hydrogen) atoms. The van der Waals surface area contributed by atoms with Gasteiger partial charge in [-0.15, -0.1) is 0 Å². The lowest BCUT2D eigenvalue weighted by molar-refractivity contribution is -0.139. The number of anilines is 1. The minimum absolute atomic E-state index is 0.0163. The topological polar surface area (TPSA) is 65.1 Å². The van der Waals surface area contributed by atoms with E-state index in [-0.39, 0.29) is 12.1 Å². The van der Waals surface area contributed by atoms with Crippen molar-refractivity contribution in [1.82, 2.24) is 14.7 Å². The first-order chi connectivity index (χ1) is 15.2. The number of rotatable bonds is 5. The number of piperazine rings is 1. The van der Waals surface area contributed by atoms with Gasteiger partial charge in [-0.3, -0.25) is 9.69 Å². The molecule has 1 aromatic rings. The summed E-state index contributed by atoms with van der Waals surface area (Å²) in [5.41, 5.74) is 0.759. The Morgan fingerprint density at radius 3 is 2.23 bits per heavy atom. The van der Waals surface area contributed by atoms with Gasteiger partial charge in [0.25, 0.3) is 0 Å². The second-order valence-electron chi connectivity index (χ2n) is 8.61. The van der Waals surface area contributed by atoms with Crippen molar-refractivity contribution in [2.75, 3.05) is 63.2 Å². The Balaban J connectivity index is 1.35. The number of hydrogen-bond acceptors (Lipinski definition) is 5. The van der Waals surface area contributed by atoms with Gasteiger partial charge in [-0.1, -0.05) is 12.8 Å². The summed E-state index contributed by atoms with van der Waals surface area (Å²) in [6, 6.07) is 7.27. The molecule has 1 saturated carbocycles. The minimum atomic E-state index is -0.0818. The van der Waals surface area contributed by atoms with Crippen LogP contribution in [0.25, 0.3) is 0 Å². The summed E-state index contributed by atoms with van der Waals surface area (Å²) in [5, 5.41) is 2.97. The maximum atomic E-state index is 13.5. The Labute approximate surface area is 189 Å². The number of hydrogen-bond donors (Lipinski definition) is 1. The number of urea groups is 1. The monoisotopic (exact) mass is 446 g/mol. The second kappa shape index (κ2) is 10.6. The standard InChI is InChI=1S/C23H34N4O3S/c1-30-20-8-6-19(7-9-20)24-23(29)27-12-10-25(11-13-27)21(18-4-2-3-5-18)22(28)26-14-16-31-17-15-26/h6-9,18,21H,2-5,10-17H2,1H3,(H,24,29). The largest absolute Gasteiger partial charge is 0.497 e. The average molecular weight is 447 g/mol. The molecule has 7 nitrogen and oxygen atoms in total. The summed E-state index contributed by atoms with van der Waals surface area (Å²) in [6.45, 7) is 4.55. The van der Waals surface area contributed by atoms with Gasteiger partial charge in [-0.25, -0.2) is 4.79 Å². The lowest BCUT2D eigenvalue weighted by Gasteiger charge is -2.43. The fourth-order valence-electron chi connectivity index (χ4n) is 4.98. The van der Waals surface area contributed by atoms with Crippen molar-refractivity contribution < 1.29 is 14.3 Å². The molecule has 1 aliphatic carbocycles. The van der Waals surface area contributed by atoms with E-state index in [1.54, 1.807) is 7.11 Å². The number of nitrogens with zero attached hydrogens (tertiary/aromatic N) is 3. The summed E-state index contributed by atoms with van der Waals surface area (Å²) in [5.74, 6) is 3.64. The van der Waals surface area contributed by atoms with Crippen molar-refractivity contribution in [3.63, 3.8) is 0 Å². The molecule has 3 fully saturated rings. The lowest BCUT2D eigenvalue weighted by Crippen LogP contribution is -2.59. The quantitative estimate of drug-likeness (QED) is 0.753. The van der Waals surface area contributed by atoms with Crippen LogP contribution < -0.4 is 10.1 Å². The van der Waals surface area contributed by atoms with E-state index >= 15 is 0 Å². The maximum absolute atomic E-state index is 13.5. The molecule has 0 spiro atoms. The summed E-state index contributed by atoms with van der Waals surface area (Å²) < 4.78 is 5.17. The highest BCUT2D eigenvalue weighted by Crippen LogP contribution is 2.32. The molecule has 1 aromatic carbocycles. The lowest BCUT2D eigenvalue weighted by atomic mass is 9.94. The van der Waals surface area contributed by atoms with Crippen LogP contribution in [-0.4, -0.2) is 90.6 Å². The third kappa shape index (κ3) is 5.47. The van der Waals surface area contributed by atoms with Crippen molar-refractivity contribution in [3.8, 4) is 5.75 Å². The van der Waals surface area contributed by atoms with Gasteiger partial charge in [0.1, 0.15) is 5.75 Å². The van der Waals surface area contributed by atoms with E-state index in [9.17, 15) is 9.59 Å². The predicted octanol–water partition coefficient (Wildman–Crippen LogP) is 2.98. The van der Waals surface area contributed by atoms with Crippen LogP contribution in [0.3, 0.4) is 0 Å². The average Bonchev–Trinajstić information content (AvgIpc) is 3.35. The summed E-state index contributed by atoms with van der Waals surface area (Å²) >= 11 is 1.94. The minimum Gasteiger partial charge on any atom is -0.497 e. The first-order valence-corrected chi connectivity index (χ1v) is 12.6. The SMILES string of the molecule is COc1ccc(NC(=O)N2CCN(C(C(=O)N3CCSCC3)C3CCCC3)CC2)cc1. The van der Waals surface area contributed by atoms with Gasteiger partial charge in [0.2, 0.25) is 5.91 Å². The van der Waals surface area contributed by atoms with Crippen molar-refractivity contribution in [1.29, 1.82) is 0 Å². The highest BCUT2D eigenvalue weighted by atomic mass is 32.2. The summed E-state index contributed by atoms with van der Waals surface area (Å²) in [7, 11) is 1.63. The third-order valence-electron chi connectivity index (χ3n) is 6.76. The van der Waals surface area contributed by atoms with Crippen LogP contribution in [0.15, 0.2) is 24.3 Å². The second-order valence-corrected chi connectivity index (χ2v) is 9.83. The number of thioether (sulfide) groups is 1. The van der Waals surface area contributed by atoms with Crippen LogP contribution in [0.2, 0.25) is 0 Å². The van der Waals surface area contributed by atoms with Crippen molar-refractivity contribution in [2.45, 2.75) is 31.7 Å². The predicted molar refractivity (Wildman–Crippen MR) is 125 cm³/mol. The van der Waals surface area contributed by atoms with Crippen LogP contribution in [0, 0.1) is 5.92 Å². The first kappa shape index (κ1) is 22.3. The molecule has 2 aliphatic heterocycles. The van der Waals surface area contributed by atoms with E-state index in [2.05, 4.69) is 15.1 Å². The normalized spacial score (nSPS) is 21.7. The molecule has 1 unspecified atom stereocenters. The molecule has 8 heteroatoms. The molecule has 2 heterocycles. The molecule has 2 saturated heterocycles. The van der Waals surface area contributed by atoms with Crippen molar-refractivity contribution >= 4 is 29.4 Å². The fraction of sp³-hybridized carbons (Fsp3) is 0.652.